The number of carbonyl (C=O) groups is 1. The van der Waals surface area contributed by atoms with Crippen LogP contribution in [0.2, 0.25) is 0 Å². The Morgan fingerprint density at radius 2 is 1.81 bits per heavy atom. The molecule has 47 heavy (non-hydrogen) atoms. The van der Waals surface area contributed by atoms with Crippen LogP contribution in [0.1, 0.15) is 48.7 Å². The number of fused-ring (bicyclic) bond motifs is 7. The van der Waals surface area contributed by atoms with Gasteiger partial charge < -0.3 is 14.2 Å². The van der Waals surface area contributed by atoms with Gasteiger partial charge in [-0.15, -0.1) is 0 Å². The first-order valence-electron chi connectivity index (χ1n) is 16.7. The Hall–Kier alpha value is -3.81. The van der Waals surface area contributed by atoms with Gasteiger partial charge in [0.1, 0.15) is 0 Å². The van der Waals surface area contributed by atoms with Crippen LogP contribution in [-0.4, -0.2) is 102 Å². The van der Waals surface area contributed by atoms with Gasteiger partial charge >= 0.3 is 0 Å². The second-order valence-electron chi connectivity index (χ2n) is 13.5. The maximum Gasteiger partial charge on any atom is 0.258 e. The lowest BCUT2D eigenvalue weighted by Gasteiger charge is -2.39. The molecule has 3 aliphatic heterocycles. The maximum absolute atomic E-state index is 13.9. The molecular formula is C34H45N9O3S. The van der Waals surface area contributed by atoms with Crippen LogP contribution in [-0.2, 0) is 23.3 Å². The van der Waals surface area contributed by atoms with Crippen LogP contribution in [0.25, 0.3) is 22.3 Å². The number of nitrogens with zero attached hydrogens (tertiary/aromatic N) is 8. The van der Waals surface area contributed by atoms with E-state index in [1.54, 1.807) is 23.0 Å². The van der Waals surface area contributed by atoms with Crippen molar-refractivity contribution in [3.8, 4) is 17.1 Å². The molecule has 12 nitrogen and oxygen atoms in total. The predicted octanol–water partition coefficient (Wildman–Crippen LogP) is 4.71. The Morgan fingerprint density at radius 1 is 1.02 bits per heavy atom. The molecule has 6 heterocycles. The van der Waals surface area contributed by atoms with Gasteiger partial charge in [0, 0.05) is 55.5 Å². The number of carbonyl (C=O) groups excluding carboxylic acids is 1. The fourth-order valence-corrected chi connectivity index (χ4v) is 9.00. The van der Waals surface area contributed by atoms with Crippen molar-refractivity contribution < 1.29 is 13.7 Å². The van der Waals surface area contributed by atoms with E-state index in [0.29, 0.717) is 65.2 Å². The van der Waals surface area contributed by atoms with Crippen molar-refractivity contribution in [2.24, 2.45) is 17.3 Å². The number of pyridine rings is 1. The third-order valence-corrected chi connectivity index (χ3v) is 12.0. The Balaban J connectivity index is 1.19. The molecule has 2 bridgehead atoms. The SMILES string of the molecule is Cc1cc2cc(n1)-c1cnn(C)c1OCCC[C@@H](C)Cn1c(nc3ccc(N=S4(=O)CCN(C5CCN(C)CC5)CC4)cc31)NC2=O. The van der Waals surface area contributed by atoms with Crippen LogP contribution in [0, 0.1) is 12.8 Å². The van der Waals surface area contributed by atoms with Crippen LogP contribution in [0.5, 0.6) is 5.88 Å². The quantitative estimate of drug-likeness (QED) is 0.329. The summed E-state index contributed by atoms with van der Waals surface area (Å²) in [6, 6.07) is 9.93. The highest BCUT2D eigenvalue weighted by Gasteiger charge is 2.29. The highest BCUT2D eigenvalue weighted by atomic mass is 32.2. The topological polar surface area (TPSA) is 123 Å². The number of nitrogens with one attached hydrogen (secondary N) is 1. The number of likely N-dealkylation sites (tertiary alicyclic amines) is 1. The molecule has 0 radical (unpaired) electrons. The summed E-state index contributed by atoms with van der Waals surface area (Å²) in [6.45, 7) is 9.15. The number of amides is 1. The number of benzene rings is 1. The zero-order chi connectivity index (χ0) is 32.7. The van der Waals surface area contributed by atoms with Gasteiger partial charge in [-0.2, -0.15) is 9.46 Å². The number of aryl methyl sites for hydroxylation is 2. The van der Waals surface area contributed by atoms with E-state index in [4.69, 9.17) is 19.1 Å². The molecule has 1 atom stereocenters. The summed E-state index contributed by atoms with van der Waals surface area (Å²) >= 11 is 0. The summed E-state index contributed by atoms with van der Waals surface area (Å²) in [5.74, 6) is 2.29. The zero-order valence-corrected chi connectivity index (χ0v) is 28.6. The minimum Gasteiger partial charge on any atom is -0.477 e. The molecule has 1 aromatic carbocycles. The number of imidazole rings is 1. The van der Waals surface area contributed by atoms with Crippen LogP contribution >= 0.6 is 0 Å². The molecule has 2 saturated heterocycles. The first-order valence-corrected chi connectivity index (χ1v) is 18.6. The summed E-state index contributed by atoms with van der Waals surface area (Å²) < 4.78 is 28.8. The molecule has 0 unspecified atom stereocenters. The lowest BCUT2D eigenvalue weighted by molar-refractivity contribution is 0.102. The third-order valence-electron chi connectivity index (χ3n) is 9.78. The minimum atomic E-state index is -2.37. The number of aromatic nitrogens is 5. The van der Waals surface area contributed by atoms with E-state index in [-0.39, 0.29) is 11.8 Å². The van der Waals surface area contributed by atoms with Crippen molar-refractivity contribution in [2.45, 2.75) is 52.1 Å². The average Bonchev–Trinajstić information content (AvgIpc) is 3.58. The summed E-state index contributed by atoms with van der Waals surface area (Å²) in [7, 11) is 1.66. The Bertz CT molecular complexity index is 1900. The lowest BCUT2D eigenvalue weighted by Crippen LogP contribution is -2.49. The van der Waals surface area contributed by atoms with Crippen molar-refractivity contribution in [3.05, 3.63) is 47.8 Å². The van der Waals surface area contributed by atoms with E-state index in [1.807, 2.05) is 32.2 Å². The van der Waals surface area contributed by atoms with E-state index in [2.05, 4.69) is 38.8 Å². The van der Waals surface area contributed by atoms with Gasteiger partial charge in [0.2, 0.25) is 11.8 Å². The van der Waals surface area contributed by atoms with E-state index >= 15 is 0 Å². The van der Waals surface area contributed by atoms with Crippen LogP contribution in [0.4, 0.5) is 11.6 Å². The minimum absolute atomic E-state index is 0.272. The van der Waals surface area contributed by atoms with Gasteiger partial charge in [-0.1, -0.05) is 6.92 Å². The number of hydrogen-bond acceptors (Lipinski definition) is 9. The standard InChI is InChI=1S/C34H45N9O3S/c1-23-6-5-15-46-33-28(21-35-41(33)4)30-19-25(18-24(2)36-30)32(44)38-34-37-29-8-7-26(20-31(29)43(34)22-23)39-47(45)16-13-42(14-17-47)27-9-11-40(3)12-10-27/h7-8,18-21,23,27H,5-6,9-17,22H2,1-4H3,(H,37,38,44)/t23-/m1/s1. The number of hydrogen-bond donors (Lipinski definition) is 1. The Kier molecular flexibility index (Phi) is 8.79. The molecule has 3 aromatic heterocycles. The summed E-state index contributed by atoms with van der Waals surface area (Å²) in [5, 5.41) is 7.48. The lowest BCUT2D eigenvalue weighted by atomic mass is 10.0. The highest BCUT2D eigenvalue weighted by molar-refractivity contribution is 7.93. The van der Waals surface area contributed by atoms with Gasteiger partial charge in [-0.05, 0) is 89.0 Å². The van der Waals surface area contributed by atoms with Gasteiger partial charge in [-0.25, -0.2) is 13.9 Å². The third kappa shape index (κ3) is 6.79. The van der Waals surface area contributed by atoms with Crippen molar-refractivity contribution in [1.29, 1.82) is 0 Å². The second-order valence-corrected chi connectivity index (χ2v) is 16.0. The maximum atomic E-state index is 13.9. The molecular weight excluding hydrogens is 615 g/mol. The fraction of sp³-hybridized carbons (Fsp3) is 0.529. The van der Waals surface area contributed by atoms with E-state index < -0.39 is 9.73 Å². The van der Waals surface area contributed by atoms with Crippen molar-refractivity contribution in [3.63, 3.8) is 0 Å². The number of rotatable bonds is 2. The smallest absolute Gasteiger partial charge is 0.258 e. The molecule has 0 spiro atoms. The summed E-state index contributed by atoms with van der Waals surface area (Å²) in [6.07, 6.45) is 5.84. The molecule has 1 amide bonds. The van der Waals surface area contributed by atoms with Crippen molar-refractivity contribution in [1.82, 2.24) is 34.1 Å². The van der Waals surface area contributed by atoms with Crippen LogP contribution in [0.3, 0.4) is 0 Å². The molecule has 7 rings (SSSR count). The second kappa shape index (κ2) is 13.0. The zero-order valence-electron chi connectivity index (χ0n) is 27.8. The molecule has 0 saturated carbocycles. The molecule has 250 valence electrons. The fourth-order valence-electron chi connectivity index (χ4n) is 7.08. The highest BCUT2D eigenvalue weighted by Crippen LogP contribution is 2.32. The summed E-state index contributed by atoms with van der Waals surface area (Å²) in [4.78, 5) is 28.2. The molecule has 4 aromatic rings. The normalized spacial score (nSPS) is 21.6. The van der Waals surface area contributed by atoms with Crippen molar-refractivity contribution in [2.75, 3.05) is 56.7 Å². The molecule has 1 N–H and O–H groups in total. The first kappa shape index (κ1) is 31.8. The Labute approximate surface area is 276 Å². The van der Waals surface area contributed by atoms with E-state index in [0.717, 1.165) is 55.6 Å². The molecule has 2 fully saturated rings. The van der Waals surface area contributed by atoms with Gasteiger partial charge in [-0.3, -0.25) is 20.0 Å². The number of piperidine rings is 1. The molecule has 13 heteroatoms. The molecule has 0 aliphatic carbocycles. The average molecular weight is 660 g/mol. The first-order chi connectivity index (χ1) is 22.6. The van der Waals surface area contributed by atoms with Gasteiger partial charge in [0.25, 0.3) is 5.91 Å². The van der Waals surface area contributed by atoms with Crippen LogP contribution < -0.4 is 10.1 Å². The van der Waals surface area contributed by atoms with Gasteiger partial charge in [0.15, 0.2) is 0 Å². The van der Waals surface area contributed by atoms with Gasteiger partial charge in [0.05, 0.1) is 50.5 Å². The van der Waals surface area contributed by atoms with E-state index in [1.165, 1.54) is 12.8 Å². The largest absolute Gasteiger partial charge is 0.477 e. The molecule has 3 aliphatic rings. The number of ether oxygens (including phenoxy) is 1. The predicted molar refractivity (Wildman–Crippen MR) is 185 cm³/mol. The Morgan fingerprint density at radius 3 is 2.60 bits per heavy atom. The summed E-state index contributed by atoms with van der Waals surface area (Å²) in [5.41, 5.74) is 4.90. The monoisotopic (exact) mass is 659 g/mol. The number of anilines is 1. The van der Waals surface area contributed by atoms with Crippen LogP contribution in [0.15, 0.2) is 40.9 Å². The van der Waals surface area contributed by atoms with E-state index in [9.17, 15) is 9.00 Å². The van der Waals surface area contributed by atoms with Crippen molar-refractivity contribution >= 4 is 38.3 Å².